The van der Waals surface area contributed by atoms with Crippen molar-refractivity contribution in [2.45, 2.75) is 52.5 Å². The minimum Gasteiger partial charge on any atom is -0.465 e. The van der Waals surface area contributed by atoms with Crippen molar-refractivity contribution in [3.63, 3.8) is 0 Å². The highest BCUT2D eigenvalue weighted by atomic mass is 16.5. The molecular weight excluding hydrogens is 370 g/mol. The van der Waals surface area contributed by atoms with Gasteiger partial charge in [0.1, 0.15) is 12.4 Å². The molecule has 0 saturated heterocycles. The van der Waals surface area contributed by atoms with Gasteiger partial charge in [-0.15, -0.1) is 0 Å². The van der Waals surface area contributed by atoms with E-state index in [-0.39, 0.29) is 31.7 Å². The first-order valence-corrected chi connectivity index (χ1v) is 10.4. The van der Waals surface area contributed by atoms with Gasteiger partial charge in [-0.2, -0.15) is 0 Å². The van der Waals surface area contributed by atoms with Gasteiger partial charge >= 0.3 is 5.97 Å². The second-order valence-electron chi connectivity index (χ2n) is 7.49. The summed E-state index contributed by atoms with van der Waals surface area (Å²) in [5.74, 6) is 0.902. The molecular formula is C22H33N3O4. The zero-order valence-corrected chi connectivity index (χ0v) is 17.7. The van der Waals surface area contributed by atoms with Crippen LogP contribution in [0.5, 0.6) is 0 Å². The van der Waals surface area contributed by atoms with E-state index < -0.39 is 0 Å². The van der Waals surface area contributed by atoms with Crippen molar-refractivity contribution in [3.8, 4) is 0 Å². The van der Waals surface area contributed by atoms with Crippen LogP contribution < -0.4 is 4.90 Å². The molecule has 0 aromatic heterocycles. The number of anilines is 1. The molecule has 1 N–H and O–H groups in total. The van der Waals surface area contributed by atoms with Gasteiger partial charge in [-0.25, -0.2) is 4.99 Å². The molecule has 1 aliphatic rings. The summed E-state index contributed by atoms with van der Waals surface area (Å²) < 4.78 is 5.01. The van der Waals surface area contributed by atoms with Gasteiger partial charge in [0.25, 0.3) is 0 Å². The molecule has 1 aromatic carbocycles. The van der Waals surface area contributed by atoms with Crippen molar-refractivity contribution in [1.29, 1.82) is 0 Å². The molecule has 1 aromatic rings. The van der Waals surface area contributed by atoms with Crippen LogP contribution in [0.4, 0.5) is 11.4 Å². The minimum absolute atomic E-state index is 0.0153. The van der Waals surface area contributed by atoms with E-state index in [4.69, 9.17) is 4.74 Å². The SMILES string of the molecule is CCOC(=O)CN(CCO)C(C)=Nc1ccccc1N(C=O)C(C)CC1CCC1. The Morgan fingerprint density at radius 3 is 2.69 bits per heavy atom. The molecule has 29 heavy (non-hydrogen) atoms. The van der Waals surface area contributed by atoms with E-state index in [1.807, 2.05) is 24.3 Å². The van der Waals surface area contributed by atoms with Crippen LogP contribution in [-0.4, -0.2) is 60.6 Å². The Kier molecular flexibility index (Phi) is 9.12. The van der Waals surface area contributed by atoms with E-state index in [0.717, 1.165) is 18.5 Å². The number of hydrogen-bond donors (Lipinski definition) is 1. The number of benzene rings is 1. The predicted octanol–water partition coefficient (Wildman–Crippen LogP) is 3.14. The van der Waals surface area contributed by atoms with Crippen molar-refractivity contribution in [2.75, 3.05) is 31.2 Å². The van der Waals surface area contributed by atoms with Crippen LogP contribution in [-0.2, 0) is 14.3 Å². The molecule has 7 heteroatoms. The molecule has 0 heterocycles. The lowest BCUT2D eigenvalue weighted by Crippen LogP contribution is -2.37. The molecule has 1 aliphatic carbocycles. The Hall–Kier alpha value is -2.41. The largest absolute Gasteiger partial charge is 0.465 e. The summed E-state index contributed by atoms with van der Waals surface area (Å²) in [6, 6.07) is 7.59. The highest BCUT2D eigenvalue weighted by molar-refractivity contribution is 5.90. The molecule has 1 unspecified atom stereocenters. The van der Waals surface area contributed by atoms with Crippen molar-refractivity contribution < 1.29 is 19.4 Å². The number of aliphatic imine (C=N–C) groups is 1. The number of carbonyl (C=O) groups excluding carboxylic acids is 2. The maximum Gasteiger partial charge on any atom is 0.325 e. The van der Waals surface area contributed by atoms with Crippen LogP contribution in [0.1, 0.15) is 46.5 Å². The zero-order valence-electron chi connectivity index (χ0n) is 17.7. The Morgan fingerprint density at radius 1 is 1.38 bits per heavy atom. The second-order valence-corrected chi connectivity index (χ2v) is 7.49. The molecule has 1 amide bonds. The smallest absolute Gasteiger partial charge is 0.325 e. The van der Waals surface area contributed by atoms with E-state index in [2.05, 4.69) is 11.9 Å². The van der Waals surface area contributed by atoms with E-state index in [9.17, 15) is 14.7 Å². The maximum absolute atomic E-state index is 11.9. The molecule has 1 atom stereocenters. The van der Waals surface area contributed by atoms with E-state index >= 15 is 0 Å². The quantitative estimate of drug-likeness (QED) is 0.266. The molecule has 0 radical (unpaired) electrons. The fourth-order valence-electron chi connectivity index (χ4n) is 3.58. The summed E-state index contributed by atoms with van der Waals surface area (Å²) in [6.45, 7) is 6.09. The van der Waals surface area contributed by atoms with E-state index in [1.54, 1.807) is 23.6 Å². The number of carbonyl (C=O) groups is 2. The third kappa shape index (κ3) is 6.56. The lowest BCUT2D eigenvalue weighted by Gasteiger charge is -2.33. The van der Waals surface area contributed by atoms with Gasteiger partial charge < -0.3 is 19.6 Å². The van der Waals surface area contributed by atoms with Crippen LogP contribution in [0.25, 0.3) is 0 Å². The normalized spacial score (nSPS) is 15.4. The standard InChI is InChI=1S/C22H33N3O4/c1-4-29-22(28)15-24(12-13-26)18(3)23-20-10-5-6-11-21(20)25(16-27)17(2)14-19-8-7-9-19/h5-6,10-11,16-17,19,26H,4,7-9,12-15H2,1-3H3. The Bertz CT molecular complexity index is 703. The first-order chi connectivity index (χ1) is 14.0. The number of ether oxygens (including phenoxy) is 1. The topological polar surface area (TPSA) is 82.4 Å². The first-order valence-electron chi connectivity index (χ1n) is 10.4. The number of nitrogens with zero attached hydrogens (tertiary/aromatic N) is 3. The summed E-state index contributed by atoms with van der Waals surface area (Å²) >= 11 is 0. The van der Waals surface area contributed by atoms with Gasteiger partial charge in [0.05, 0.1) is 24.6 Å². The fourth-order valence-corrected chi connectivity index (χ4v) is 3.58. The number of aliphatic hydroxyl groups is 1. The van der Waals surface area contributed by atoms with Crippen LogP contribution in [0.15, 0.2) is 29.3 Å². The average Bonchev–Trinajstić information content (AvgIpc) is 2.66. The van der Waals surface area contributed by atoms with E-state index in [0.29, 0.717) is 24.0 Å². The van der Waals surface area contributed by atoms with Gasteiger partial charge in [0.2, 0.25) is 6.41 Å². The van der Waals surface area contributed by atoms with Gasteiger partial charge in [-0.05, 0) is 45.2 Å². The molecule has 7 nitrogen and oxygen atoms in total. The van der Waals surface area contributed by atoms with Crippen LogP contribution in [0.2, 0.25) is 0 Å². The van der Waals surface area contributed by atoms with Gasteiger partial charge in [-0.1, -0.05) is 31.4 Å². The average molecular weight is 404 g/mol. The third-order valence-corrected chi connectivity index (χ3v) is 5.38. The number of hydrogen-bond acceptors (Lipinski definition) is 5. The number of aliphatic hydroxyl groups excluding tert-OH is 1. The van der Waals surface area contributed by atoms with Crippen LogP contribution in [0, 0.1) is 5.92 Å². The van der Waals surface area contributed by atoms with E-state index in [1.165, 1.54) is 19.3 Å². The third-order valence-electron chi connectivity index (χ3n) is 5.38. The predicted molar refractivity (Wildman–Crippen MR) is 114 cm³/mol. The first kappa shape index (κ1) is 22.9. The van der Waals surface area contributed by atoms with Crippen LogP contribution in [0.3, 0.4) is 0 Å². The number of amides is 1. The van der Waals surface area contributed by atoms with Gasteiger partial charge in [-0.3, -0.25) is 9.59 Å². The molecule has 1 saturated carbocycles. The lowest BCUT2D eigenvalue weighted by atomic mass is 9.81. The monoisotopic (exact) mass is 403 g/mol. The second kappa shape index (κ2) is 11.6. The fraction of sp³-hybridized carbons (Fsp3) is 0.591. The van der Waals surface area contributed by atoms with Gasteiger partial charge in [0.15, 0.2) is 0 Å². The zero-order chi connectivity index (χ0) is 21.2. The summed E-state index contributed by atoms with van der Waals surface area (Å²) in [7, 11) is 0. The highest BCUT2D eigenvalue weighted by Crippen LogP contribution is 2.35. The van der Waals surface area contributed by atoms with Crippen molar-refractivity contribution in [1.82, 2.24) is 4.90 Å². The molecule has 1 fully saturated rings. The minimum atomic E-state index is -0.368. The number of amidine groups is 1. The maximum atomic E-state index is 11.9. The van der Waals surface area contributed by atoms with Crippen molar-refractivity contribution in [3.05, 3.63) is 24.3 Å². The Labute approximate surface area is 173 Å². The molecule has 160 valence electrons. The summed E-state index contributed by atoms with van der Waals surface area (Å²) in [5, 5.41) is 9.36. The van der Waals surface area contributed by atoms with Crippen LogP contribution >= 0.6 is 0 Å². The number of rotatable bonds is 11. The number of esters is 1. The van der Waals surface area contributed by atoms with Crippen molar-refractivity contribution in [2.24, 2.45) is 10.9 Å². The van der Waals surface area contributed by atoms with Gasteiger partial charge in [0, 0.05) is 12.6 Å². The number of para-hydroxylation sites is 2. The summed E-state index contributed by atoms with van der Waals surface area (Å²) in [4.78, 5) is 31.9. The summed E-state index contributed by atoms with van der Waals surface area (Å²) in [6.07, 6.45) is 5.60. The highest BCUT2D eigenvalue weighted by Gasteiger charge is 2.24. The molecule has 0 spiro atoms. The Morgan fingerprint density at radius 2 is 2.10 bits per heavy atom. The van der Waals surface area contributed by atoms with Crippen molar-refractivity contribution >= 4 is 29.6 Å². The molecule has 2 rings (SSSR count). The molecule has 0 bridgehead atoms. The Balaban J connectivity index is 2.23. The lowest BCUT2D eigenvalue weighted by molar-refractivity contribution is -0.143. The molecule has 0 aliphatic heterocycles. The summed E-state index contributed by atoms with van der Waals surface area (Å²) in [5.41, 5.74) is 1.40.